The number of hydrogen-bond donors (Lipinski definition) is 1. The maximum Gasteiger partial charge on any atom is 0.261 e. The van der Waals surface area contributed by atoms with Crippen molar-refractivity contribution in [1.29, 1.82) is 0 Å². The zero-order chi connectivity index (χ0) is 17.1. The number of carbonyl (C=O) groups excluding carboxylic acids is 3. The Labute approximate surface area is 137 Å². The molecule has 1 aromatic carbocycles. The third kappa shape index (κ3) is 3.78. The third-order valence-electron chi connectivity index (χ3n) is 3.79. The van der Waals surface area contributed by atoms with Gasteiger partial charge in [-0.3, -0.25) is 19.3 Å². The summed E-state index contributed by atoms with van der Waals surface area (Å²) in [5, 5.41) is 2.84. The first kappa shape index (κ1) is 17.2. The van der Waals surface area contributed by atoms with Gasteiger partial charge in [0.2, 0.25) is 0 Å². The summed E-state index contributed by atoms with van der Waals surface area (Å²) in [6, 6.07) is 4.71. The van der Waals surface area contributed by atoms with Crippen molar-refractivity contribution in [3.63, 3.8) is 0 Å². The van der Waals surface area contributed by atoms with Crippen LogP contribution >= 0.6 is 0 Å². The Hall–Kier alpha value is -2.17. The summed E-state index contributed by atoms with van der Waals surface area (Å²) in [6.07, 6.45) is 0.899. The fraction of sp³-hybridized carbons (Fsp3) is 0.500. The Balaban J connectivity index is 2.15. The minimum atomic E-state index is -0.310. The summed E-state index contributed by atoms with van der Waals surface area (Å²) < 4.78 is 0. The Kier molecular flexibility index (Phi) is 5.19. The monoisotopic (exact) mass is 316 g/mol. The zero-order valence-corrected chi connectivity index (χ0v) is 14.2. The van der Waals surface area contributed by atoms with E-state index in [0.29, 0.717) is 35.7 Å². The van der Waals surface area contributed by atoms with Crippen LogP contribution in [0.5, 0.6) is 0 Å². The number of imide groups is 1. The smallest absolute Gasteiger partial charge is 0.261 e. The summed E-state index contributed by atoms with van der Waals surface area (Å²) in [7, 11) is 0. The van der Waals surface area contributed by atoms with Gasteiger partial charge in [0.15, 0.2) is 0 Å². The third-order valence-corrected chi connectivity index (χ3v) is 3.79. The van der Waals surface area contributed by atoms with Crippen molar-refractivity contribution in [3.8, 4) is 0 Å². The van der Waals surface area contributed by atoms with Gasteiger partial charge >= 0.3 is 0 Å². The van der Waals surface area contributed by atoms with Crippen molar-refractivity contribution in [2.75, 3.05) is 13.1 Å². The molecule has 0 saturated heterocycles. The van der Waals surface area contributed by atoms with Crippen molar-refractivity contribution in [2.45, 2.75) is 34.1 Å². The molecule has 1 aromatic rings. The molecule has 0 aliphatic carbocycles. The highest BCUT2D eigenvalue weighted by molar-refractivity contribution is 6.22. The number of nitrogens with zero attached hydrogens (tertiary/aromatic N) is 1. The van der Waals surface area contributed by atoms with E-state index in [1.807, 2.05) is 13.8 Å². The van der Waals surface area contributed by atoms with E-state index in [2.05, 4.69) is 19.2 Å². The summed E-state index contributed by atoms with van der Waals surface area (Å²) in [6.45, 7) is 9.08. The van der Waals surface area contributed by atoms with Gasteiger partial charge in [-0.2, -0.15) is 0 Å². The highest BCUT2D eigenvalue weighted by atomic mass is 16.2. The van der Waals surface area contributed by atoms with Crippen LogP contribution in [-0.4, -0.2) is 35.7 Å². The first-order valence-corrected chi connectivity index (χ1v) is 8.09. The van der Waals surface area contributed by atoms with E-state index in [1.54, 1.807) is 12.1 Å². The Bertz CT molecular complexity index is 635. The average molecular weight is 316 g/mol. The predicted octanol–water partition coefficient (Wildman–Crippen LogP) is 2.71. The minimum Gasteiger partial charge on any atom is -0.352 e. The summed E-state index contributed by atoms with van der Waals surface area (Å²) in [5.74, 6) is -0.0767. The van der Waals surface area contributed by atoms with Crippen molar-refractivity contribution in [2.24, 2.45) is 11.8 Å². The molecule has 1 aliphatic heterocycles. The largest absolute Gasteiger partial charge is 0.352 e. The van der Waals surface area contributed by atoms with Crippen molar-refractivity contribution >= 4 is 17.7 Å². The molecule has 0 radical (unpaired) electrons. The van der Waals surface area contributed by atoms with Gasteiger partial charge in [-0.15, -0.1) is 0 Å². The molecule has 5 heteroatoms. The van der Waals surface area contributed by atoms with Gasteiger partial charge in [-0.05, 0) is 36.5 Å². The highest BCUT2D eigenvalue weighted by Gasteiger charge is 2.36. The lowest BCUT2D eigenvalue weighted by molar-refractivity contribution is 0.0636. The molecule has 0 saturated carbocycles. The second-order valence-electron chi connectivity index (χ2n) is 6.81. The molecule has 0 aromatic heterocycles. The van der Waals surface area contributed by atoms with Crippen LogP contribution in [-0.2, 0) is 0 Å². The van der Waals surface area contributed by atoms with Crippen molar-refractivity contribution in [1.82, 2.24) is 10.2 Å². The lowest BCUT2D eigenvalue weighted by Gasteiger charge is -2.15. The molecule has 0 spiro atoms. The number of amides is 3. The lowest BCUT2D eigenvalue weighted by Crippen LogP contribution is -2.33. The van der Waals surface area contributed by atoms with Crippen LogP contribution in [0.3, 0.4) is 0 Å². The zero-order valence-electron chi connectivity index (χ0n) is 14.2. The number of carbonyl (C=O) groups is 3. The SMILES string of the molecule is CC(C)CCNC(=O)c1ccc2c(c1)C(=O)N(CC(C)C)C2=O. The fourth-order valence-electron chi connectivity index (χ4n) is 2.54. The van der Waals surface area contributed by atoms with Gasteiger partial charge < -0.3 is 5.32 Å². The molecule has 5 nitrogen and oxygen atoms in total. The lowest BCUT2D eigenvalue weighted by atomic mass is 10.1. The molecular formula is C18H24N2O3. The molecular weight excluding hydrogens is 292 g/mol. The van der Waals surface area contributed by atoms with Gasteiger partial charge in [0.1, 0.15) is 0 Å². The summed E-state index contributed by atoms with van der Waals surface area (Å²) in [4.78, 5) is 38.1. The Morgan fingerprint density at radius 3 is 2.30 bits per heavy atom. The van der Waals surface area contributed by atoms with Crippen LogP contribution in [0.2, 0.25) is 0 Å². The van der Waals surface area contributed by atoms with E-state index in [0.717, 1.165) is 6.42 Å². The Morgan fingerprint density at radius 2 is 1.70 bits per heavy atom. The number of rotatable bonds is 6. The van der Waals surface area contributed by atoms with E-state index in [1.165, 1.54) is 11.0 Å². The standard InChI is InChI=1S/C18H24N2O3/c1-11(2)7-8-19-16(21)13-5-6-14-15(9-13)18(23)20(17(14)22)10-12(3)4/h5-6,9,11-12H,7-8,10H2,1-4H3,(H,19,21). The van der Waals surface area contributed by atoms with Gasteiger partial charge in [-0.1, -0.05) is 27.7 Å². The number of nitrogens with one attached hydrogen (secondary N) is 1. The molecule has 1 aliphatic rings. The van der Waals surface area contributed by atoms with E-state index in [9.17, 15) is 14.4 Å². The van der Waals surface area contributed by atoms with Gasteiger partial charge in [0, 0.05) is 18.7 Å². The molecule has 0 bridgehead atoms. The van der Waals surface area contributed by atoms with Gasteiger partial charge in [0.25, 0.3) is 17.7 Å². The van der Waals surface area contributed by atoms with Crippen LogP contribution in [0.1, 0.15) is 65.2 Å². The van der Waals surface area contributed by atoms with Crippen molar-refractivity contribution < 1.29 is 14.4 Å². The number of hydrogen-bond acceptors (Lipinski definition) is 3. The summed E-state index contributed by atoms with van der Waals surface area (Å²) >= 11 is 0. The average Bonchev–Trinajstić information content (AvgIpc) is 2.71. The molecule has 0 atom stereocenters. The first-order valence-electron chi connectivity index (χ1n) is 8.09. The maximum atomic E-state index is 12.4. The predicted molar refractivity (Wildman–Crippen MR) is 88.4 cm³/mol. The van der Waals surface area contributed by atoms with Gasteiger partial charge in [0.05, 0.1) is 11.1 Å². The molecule has 124 valence electrons. The minimum absolute atomic E-state index is 0.205. The fourth-order valence-corrected chi connectivity index (χ4v) is 2.54. The molecule has 3 amide bonds. The van der Waals surface area contributed by atoms with Crippen LogP contribution in [0.25, 0.3) is 0 Å². The van der Waals surface area contributed by atoms with Crippen molar-refractivity contribution in [3.05, 3.63) is 34.9 Å². The normalized spacial score (nSPS) is 13.9. The van der Waals surface area contributed by atoms with E-state index in [-0.39, 0.29) is 23.6 Å². The second kappa shape index (κ2) is 6.94. The molecule has 0 unspecified atom stereocenters. The molecule has 1 heterocycles. The first-order chi connectivity index (χ1) is 10.8. The maximum absolute atomic E-state index is 12.4. The topological polar surface area (TPSA) is 66.5 Å². The second-order valence-corrected chi connectivity index (χ2v) is 6.81. The molecule has 2 rings (SSSR count). The van der Waals surface area contributed by atoms with E-state index >= 15 is 0 Å². The quantitative estimate of drug-likeness (QED) is 0.821. The number of fused-ring (bicyclic) bond motifs is 1. The van der Waals surface area contributed by atoms with Crippen LogP contribution in [0.4, 0.5) is 0 Å². The molecule has 0 fully saturated rings. The summed E-state index contributed by atoms with van der Waals surface area (Å²) in [5.41, 5.74) is 1.13. The van der Waals surface area contributed by atoms with E-state index in [4.69, 9.17) is 0 Å². The molecule has 1 N–H and O–H groups in total. The van der Waals surface area contributed by atoms with Crippen LogP contribution in [0.15, 0.2) is 18.2 Å². The highest BCUT2D eigenvalue weighted by Crippen LogP contribution is 2.24. The van der Waals surface area contributed by atoms with Crippen LogP contribution < -0.4 is 5.32 Å². The molecule has 23 heavy (non-hydrogen) atoms. The van der Waals surface area contributed by atoms with E-state index < -0.39 is 0 Å². The number of benzene rings is 1. The van der Waals surface area contributed by atoms with Crippen LogP contribution in [0, 0.1) is 11.8 Å². The van der Waals surface area contributed by atoms with Gasteiger partial charge in [-0.25, -0.2) is 0 Å². The Morgan fingerprint density at radius 1 is 1.04 bits per heavy atom.